The summed E-state index contributed by atoms with van der Waals surface area (Å²) in [4.78, 5) is 19.8. The highest BCUT2D eigenvalue weighted by molar-refractivity contribution is 6.04. The molecule has 0 saturated carbocycles. The Hall–Kier alpha value is -2.77. The number of hydrogen-bond donors (Lipinski definition) is 2. The third-order valence-corrected chi connectivity index (χ3v) is 2.60. The van der Waals surface area contributed by atoms with Gasteiger partial charge in [0.15, 0.2) is 0 Å². The summed E-state index contributed by atoms with van der Waals surface area (Å²) in [6.07, 6.45) is 0. The number of halogens is 2. The van der Waals surface area contributed by atoms with Crippen molar-refractivity contribution in [1.29, 1.82) is 0 Å². The minimum absolute atomic E-state index is 0.0563. The van der Waals surface area contributed by atoms with Crippen molar-refractivity contribution in [3.05, 3.63) is 41.1 Å². The molecule has 2 aromatic rings. The second-order valence-electron chi connectivity index (χ2n) is 4.18. The van der Waals surface area contributed by atoms with Gasteiger partial charge in [0.05, 0.1) is 18.4 Å². The van der Waals surface area contributed by atoms with Gasteiger partial charge in [-0.1, -0.05) is 0 Å². The molecule has 0 unspecified atom stereocenters. The number of methoxy groups -OCH3 is 1. The molecule has 110 valence electrons. The number of amides is 1. The number of aromatic nitrogens is 2. The first-order valence-corrected chi connectivity index (χ1v) is 5.86. The largest absolute Gasteiger partial charge is 0.481 e. The number of nitrogens with zero attached hydrogens (tertiary/aromatic N) is 2. The van der Waals surface area contributed by atoms with Crippen molar-refractivity contribution >= 4 is 17.5 Å². The summed E-state index contributed by atoms with van der Waals surface area (Å²) in [6, 6.07) is 3.01. The Morgan fingerprint density at radius 1 is 1.24 bits per heavy atom. The smallest absolute Gasteiger partial charge is 0.261 e. The predicted molar refractivity (Wildman–Crippen MR) is 72.0 cm³/mol. The Labute approximate surface area is 119 Å². The summed E-state index contributed by atoms with van der Waals surface area (Å²) >= 11 is 0. The van der Waals surface area contributed by atoms with Gasteiger partial charge in [-0.15, -0.1) is 0 Å². The molecule has 1 aromatic carbocycles. The number of ether oxygens (including phenoxy) is 1. The number of rotatable bonds is 3. The van der Waals surface area contributed by atoms with Crippen LogP contribution in [0.3, 0.4) is 0 Å². The van der Waals surface area contributed by atoms with Gasteiger partial charge < -0.3 is 10.5 Å². The fourth-order valence-electron chi connectivity index (χ4n) is 1.61. The van der Waals surface area contributed by atoms with Crippen LogP contribution in [0.25, 0.3) is 0 Å². The summed E-state index contributed by atoms with van der Waals surface area (Å²) in [5.74, 6) is -2.61. The first-order valence-electron chi connectivity index (χ1n) is 5.86. The van der Waals surface area contributed by atoms with E-state index in [0.29, 0.717) is 11.8 Å². The normalized spacial score (nSPS) is 10.3. The van der Waals surface area contributed by atoms with Gasteiger partial charge in [-0.25, -0.2) is 13.8 Å². The molecule has 3 N–H and O–H groups in total. The Morgan fingerprint density at radius 2 is 1.95 bits per heavy atom. The number of carbonyl (C=O) groups is 1. The van der Waals surface area contributed by atoms with E-state index in [1.54, 1.807) is 13.0 Å². The lowest BCUT2D eigenvalue weighted by atomic mass is 10.1. The van der Waals surface area contributed by atoms with Crippen LogP contribution in [0.5, 0.6) is 5.88 Å². The molecule has 8 heteroatoms. The van der Waals surface area contributed by atoms with E-state index in [9.17, 15) is 13.6 Å². The topological polar surface area (TPSA) is 90.1 Å². The van der Waals surface area contributed by atoms with E-state index in [4.69, 9.17) is 10.5 Å². The predicted octanol–water partition coefficient (Wildman–Crippen LogP) is 1.91. The lowest BCUT2D eigenvalue weighted by Gasteiger charge is -2.08. The van der Waals surface area contributed by atoms with Gasteiger partial charge in [-0.2, -0.15) is 4.98 Å². The van der Waals surface area contributed by atoms with Gasteiger partial charge in [0, 0.05) is 17.8 Å². The van der Waals surface area contributed by atoms with E-state index in [1.165, 1.54) is 7.11 Å². The van der Waals surface area contributed by atoms with Crippen LogP contribution < -0.4 is 15.8 Å². The van der Waals surface area contributed by atoms with Crippen LogP contribution in [-0.4, -0.2) is 23.0 Å². The average molecular weight is 294 g/mol. The first-order chi connectivity index (χ1) is 9.90. The minimum atomic E-state index is -1.03. The fraction of sp³-hybridized carbons (Fsp3) is 0.154. The number of nitrogens with two attached hydrogens (primary N) is 1. The Kier molecular flexibility index (Phi) is 3.97. The molecule has 0 radical (unpaired) electrons. The fourth-order valence-corrected chi connectivity index (χ4v) is 1.61. The molecule has 0 saturated heterocycles. The number of hydrogen-bond acceptors (Lipinski definition) is 5. The zero-order valence-electron chi connectivity index (χ0n) is 11.3. The maximum absolute atomic E-state index is 13.6. The summed E-state index contributed by atoms with van der Waals surface area (Å²) < 4.78 is 31.6. The molecule has 0 atom stereocenters. The second kappa shape index (κ2) is 5.70. The van der Waals surface area contributed by atoms with Gasteiger partial charge in [0.2, 0.25) is 11.8 Å². The lowest BCUT2D eigenvalue weighted by Crippen LogP contribution is -2.17. The molecular formula is C13H12F2N4O2. The van der Waals surface area contributed by atoms with Crippen LogP contribution in [0.4, 0.5) is 20.4 Å². The SMILES string of the molecule is COc1cc(C)nc(NC(=O)c2cc(N)c(F)cc2F)n1. The molecule has 21 heavy (non-hydrogen) atoms. The van der Waals surface area contributed by atoms with Crippen molar-refractivity contribution in [2.24, 2.45) is 0 Å². The summed E-state index contributed by atoms with van der Waals surface area (Å²) in [5, 5.41) is 2.30. The molecule has 0 spiro atoms. The van der Waals surface area contributed by atoms with Crippen LogP contribution in [-0.2, 0) is 0 Å². The van der Waals surface area contributed by atoms with E-state index in [0.717, 1.165) is 6.07 Å². The van der Waals surface area contributed by atoms with E-state index in [-0.39, 0.29) is 17.5 Å². The molecule has 0 aliphatic heterocycles. The number of benzene rings is 1. The number of carbonyl (C=O) groups excluding carboxylic acids is 1. The molecule has 1 amide bonds. The summed E-state index contributed by atoms with van der Waals surface area (Å²) in [7, 11) is 1.41. The maximum atomic E-state index is 13.6. The zero-order valence-corrected chi connectivity index (χ0v) is 11.3. The molecule has 6 nitrogen and oxygen atoms in total. The van der Waals surface area contributed by atoms with E-state index >= 15 is 0 Å². The Bertz CT molecular complexity index is 707. The number of anilines is 2. The first kappa shape index (κ1) is 14.6. The van der Waals surface area contributed by atoms with Crippen LogP contribution in [0.1, 0.15) is 16.1 Å². The number of nitrogen functional groups attached to an aromatic ring is 1. The highest BCUT2D eigenvalue weighted by Crippen LogP contribution is 2.18. The molecule has 2 rings (SSSR count). The third kappa shape index (κ3) is 3.22. The van der Waals surface area contributed by atoms with Crippen molar-refractivity contribution in [3.63, 3.8) is 0 Å². The van der Waals surface area contributed by atoms with Crippen LogP contribution in [0.15, 0.2) is 18.2 Å². The lowest BCUT2D eigenvalue weighted by molar-refractivity contribution is 0.102. The zero-order chi connectivity index (χ0) is 15.6. The third-order valence-electron chi connectivity index (χ3n) is 2.60. The van der Waals surface area contributed by atoms with Crippen molar-refractivity contribution in [3.8, 4) is 5.88 Å². The van der Waals surface area contributed by atoms with Gasteiger partial charge in [0.25, 0.3) is 5.91 Å². The van der Waals surface area contributed by atoms with Crippen molar-refractivity contribution in [2.75, 3.05) is 18.2 Å². The Morgan fingerprint density at radius 3 is 2.62 bits per heavy atom. The van der Waals surface area contributed by atoms with Gasteiger partial charge in [-0.05, 0) is 13.0 Å². The van der Waals surface area contributed by atoms with Gasteiger partial charge in [0.1, 0.15) is 11.6 Å². The maximum Gasteiger partial charge on any atom is 0.261 e. The summed E-state index contributed by atoms with van der Waals surface area (Å²) in [6.45, 7) is 1.68. The highest BCUT2D eigenvalue weighted by atomic mass is 19.1. The molecule has 1 aromatic heterocycles. The van der Waals surface area contributed by atoms with Crippen LogP contribution in [0, 0.1) is 18.6 Å². The Balaban J connectivity index is 2.30. The molecule has 0 aliphatic carbocycles. The second-order valence-corrected chi connectivity index (χ2v) is 4.18. The van der Waals surface area contributed by atoms with Crippen molar-refractivity contribution in [1.82, 2.24) is 9.97 Å². The quantitative estimate of drug-likeness (QED) is 0.844. The van der Waals surface area contributed by atoms with E-state index in [1.807, 2.05) is 0 Å². The van der Waals surface area contributed by atoms with Crippen molar-refractivity contribution in [2.45, 2.75) is 6.92 Å². The number of nitrogens with one attached hydrogen (secondary N) is 1. The molecule has 0 bridgehead atoms. The molecule has 1 heterocycles. The number of aryl methyl sites for hydroxylation is 1. The molecular weight excluding hydrogens is 282 g/mol. The van der Waals surface area contributed by atoms with Crippen LogP contribution in [0.2, 0.25) is 0 Å². The average Bonchev–Trinajstić information content (AvgIpc) is 2.42. The molecule has 0 fully saturated rings. The van der Waals surface area contributed by atoms with E-state index in [2.05, 4.69) is 15.3 Å². The van der Waals surface area contributed by atoms with Crippen LogP contribution >= 0.6 is 0 Å². The van der Waals surface area contributed by atoms with Gasteiger partial charge >= 0.3 is 0 Å². The van der Waals surface area contributed by atoms with Crippen molar-refractivity contribution < 1.29 is 18.3 Å². The minimum Gasteiger partial charge on any atom is -0.481 e. The highest BCUT2D eigenvalue weighted by Gasteiger charge is 2.16. The standard InChI is InChI=1S/C13H12F2N4O2/c1-6-3-11(21-2)18-13(17-6)19-12(20)7-4-10(16)9(15)5-8(7)14/h3-5H,16H2,1-2H3,(H,17,18,19,20). The molecule has 0 aliphatic rings. The van der Waals surface area contributed by atoms with Gasteiger partial charge in [-0.3, -0.25) is 10.1 Å². The summed E-state index contributed by atoms with van der Waals surface area (Å²) in [5.41, 5.74) is 5.14. The monoisotopic (exact) mass is 294 g/mol. The van der Waals surface area contributed by atoms with E-state index < -0.39 is 23.1 Å².